The van der Waals surface area contributed by atoms with Gasteiger partial charge in [-0.2, -0.15) is 18.2 Å². The first-order valence-corrected chi connectivity index (χ1v) is 10.4. The topological polar surface area (TPSA) is 80.1 Å². The Labute approximate surface area is 182 Å². The Balaban J connectivity index is 1.70. The maximum atomic E-state index is 13.9. The Kier molecular flexibility index (Phi) is 6.29. The van der Waals surface area contributed by atoms with Gasteiger partial charge in [-0.1, -0.05) is 12.1 Å². The SMILES string of the molecule is COc1ccc([C@H](O)CN2c3nc(N4CCOCC4)cc(=O)n3CC[C@@H]2C(F)(F)F)cc1. The summed E-state index contributed by atoms with van der Waals surface area (Å²) in [6, 6.07) is 5.94. The van der Waals surface area contributed by atoms with Crippen LogP contribution in [0.1, 0.15) is 18.1 Å². The second-order valence-corrected chi connectivity index (χ2v) is 7.79. The van der Waals surface area contributed by atoms with Crippen LogP contribution in [0.4, 0.5) is 24.9 Å². The number of alkyl halides is 3. The number of hydrogen-bond acceptors (Lipinski definition) is 7. The van der Waals surface area contributed by atoms with Crippen molar-refractivity contribution in [3.63, 3.8) is 0 Å². The summed E-state index contributed by atoms with van der Waals surface area (Å²) in [4.78, 5) is 20.0. The molecule has 0 spiro atoms. The number of benzene rings is 1. The highest BCUT2D eigenvalue weighted by Crippen LogP contribution is 2.35. The fourth-order valence-corrected chi connectivity index (χ4v) is 4.08. The average molecular weight is 454 g/mol. The van der Waals surface area contributed by atoms with Crippen LogP contribution >= 0.6 is 0 Å². The van der Waals surface area contributed by atoms with Crippen LogP contribution in [0.2, 0.25) is 0 Å². The highest BCUT2D eigenvalue weighted by Gasteiger charge is 2.47. The molecule has 1 saturated heterocycles. The molecule has 0 saturated carbocycles. The van der Waals surface area contributed by atoms with E-state index in [2.05, 4.69) is 4.98 Å². The van der Waals surface area contributed by atoms with E-state index in [1.54, 1.807) is 24.3 Å². The first-order chi connectivity index (χ1) is 15.3. The molecule has 8 nitrogen and oxygen atoms in total. The number of halogens is 3. The van der Waals surface area contributed by atoms with Crippen molar-refractivity contribution in [1.82, 2.24) is 9.55 Å². The van der Waals surface area contributed by atoms with Crippen LogP contribution in [0.25, 0.3) is 0 Å². The quantitative estimate of drug-likeness (QED) is 0.740. The van der Waals surface area contributed by atoms with Gasteiger partial charge in [0.1, 0.15) is 17.6 Å². The summed E-state index contributed by atoms with van der Waals surface area (Å²) >= 11 is 0. The molecule has 1 fully saturated rings. The lowest BCUT2D eigenvalue weighted by atomic mass is 10.1. The molecule has 0 radical (unpaired) electrons. The third kappa shape index (κ3) is 4.53. The van der Waals surface area contributed by atoms with Crippen LogP contribution in [-0.2, 0) is 11.3 Å². The molecule has 1 N–H and O–H groups in total. The molecule has 1 aromatic heterocycles. The van der Waals surface area contributed by atoms with Gasteiger partial charge in [0, 0.05) is 25.7 Å². The van der Waals surface area contributed by atoms with Crippen LogP contribution in [-0.4, -0.2) is 66.8 Å². The van der Waals surface area contributed by atoms with Crippen LogP contribution < -0.4 is 20.1 Å². The van der Waals surface area contributed by atoms with Gasteiger partial charge in [0.05, 0.1) is 33.0 Å². The molecule has 0 bridgehead atoms. The predicted octanol–water partition coefficient (Wildman–Crippen LogP) is 1.96. The minimum atomic E-state index is -4.54. The average Bonchev–Trinajstić information content (AvgIpc) is 2.79. The molecule has 0 aliphatic carbocycles. The molecule has 4 rings (SSSR count). The van der Waals surface area contributed by atoms with Gasteiger partial charge in [-0.25, -0.2) is 0 Å². The Hall–Kier alpha value is -2.79. The van der Waals surface area contributed by atoms with E-state index < -0.39 is 23.9 Å². The molecule has 2 aliphatic heterocycles. The Morgan fingerprint density at radius 1 is 1.22 bits per heavy atom. The molecule has 1 aromatic carbocycles. The lowest BCUT2D eigenvalue weighted by Gasteiger charge is -2.40. The largest absolute Gasteiger partial charge is 0.497 e. The monoisotopic (exact) mass is 454 g/mol. The molecule has 2 atom stereocenters. The van der Waals surface area contributed by atoms with Crippen molar-refractivity contribution >= 4 is 11.8 Å². The molecular formula is C21H25F3N4O4. The fraction of sp³-hybridized carbons (Fsp3) is 0.524. The smallest absolute Gasteiger partial charge is 0.408 e. The zero-order valence-corrected chi connectivity index (χ0v) is 17.6. The highest BCUT2D eigenvalue weighted by molar-refractivity contribution is 5.47. The molecule has 0 amide bonds. The van der Waals surface area contributed by atoms with Crippen molar-refractivity contribution in [2.75, 3.05) is 49.8 Å². The predicted molar refractivity (Wildman–Crippen MR) is 111 cm³/mol. The zero-order chi connectivity index (χ0) is 22.9. The van der Waals surface area contributed by atoms with E-state index in [1.807, 2.05) is 4.90 Å². The minimum Gasteiger partial charge on any atom is -0.497 e. The number of rotatable bonds is 5. The van der Waals surface area contributed by atoms with Crippen LogP contribution in [0.15, 0.2) is 35.1 Å². The number of aliphatic hydroxyl groups is 1. The van der Waals surface area contributed by atoms with Crippen molar-refractivity contribution in [2.45, 2.75) is 31.3 Å². The van der Waals surface area contributed by atoms with Gasteiger partial charge in [-0.3, -0.25) is 9.36 Å². The van der Waals surface area contributed by atoms with E-state index in [9.17, 15) is 23.1 Å². The molecule has 32 heavy (non-hydrogen) atoms. The van der Waals surface area contributed by atoms with E-state index in [-0.39, 0.29) is 25.5 Å². The lowest BCUT2D eigenvalue weighted by molar-refractivity contribution is -0.153. The standard InChI is InChI=1S/C21H25F3N4O4/c1-31-15-4-2-14(3-5-15)16(29)13-28-17(21(22,23)24)6-7-27-19(30)12-18(25-20(27)28)26-8-10-32-11-9-26/h2-5,12,16-17,29H,6-11,13H2,1H3/t16-,17-/m1/s1. The normalized spacial score (nSPS) is 20.1. The molecule has 3 heterocycles. The highest BCUT2D eigenvalue weighted by atomic mass is 19.4. The maximum absolute atomic E-state index is 13.9. The van der Waals surface area contributed by atoms with Gasteiger partial charge in [0.25, 0.3) is 5.56 Å². The number of fused-ring (bicyclic) bond motifs is 1. The third-order valence-electron chi connectivity index (χ3n) is 5.82. The fourth-order valence-electron chi connectivity index (χ4n) is 4.08. The van der Waals surface area contributed by atoms with Crippen LogP contribution in [0.3, 0.4) is 0 Å². The summed E-state index contributed by atoms with van der Waals surface area (Å²) < 4.78 is 53.4. The second kappa shape index (κ2) is 8.99. The number of methoxy groups -OCH3 is 1. The van der Waals surface area contributed by atoms with Gasteiger partial charge < -0.3 is 24.4 Å². The van der Waals surface area contributed by atoms with E-state index in [0.717, 1.165) is 4.90 Å². The number of nitrogens with zero attached hydrogens (tertiary/aromatic N) is 4. The molecule has 11 heteroatoms. The molecule has 0 unspecified atom stereocenters. The van der Waals surface area contributed by atoms with Gasteiger partial charge >= 0.3 is 6.18 Å². The minimum absolute atomic E-state index is 0.0832. The van der Waals surface area contributed by atoms with E-state index >= 15 is 0 Å². The summed E-state index contributed by atoms with van der Waals surface area (Å²) in [6.07, 6.45) is -6.07. The summed E-state index contributed by atoms with van der Waals surface area (Å²) in [5, 5.41) is 10.7. The number of anilines is 2. The Morgan fingerprint density at radius 3 is 2.53 bits per heavy atom. The van der Waals surface area contributed by atoms with Gasteiger partial charge in [-0.15, -0.1) is 0 Å². The first-order valence-electron chi connectivity index (χ1n) is 10.4. The van der Waals surface area contributed by atoms with Crippen LogP contribution in [0, 0.1) is 0 Å². The van der Waals surface area contributed by atoms with Gasteiger partial charge in [-0.05, 0) is 24.1 Å². The van der Waals surface area contributed by atoms with Crippen molar-refractivity contribution in [1.29, 1.82) is 0 Å². The summed E-state index contributed by atoms with van der Waals surface area (Å²) in [5.74, 6) is 0.803. The lowest BCUT2D eigenvalue weighted by Crippen LogP contribution is -2.53. The summed E-state index contributed by atoms with van der Waals surface area (Å²) in [6.45, 7) is 1.43. The zero-order valence-electron chi connectivity index (χ0n) is 17.6. The Bertz CT molecular complexity index is 990. The first kappa shape index (κ1) is 22.4. The summed E-state index contributed by atoms with van der Waals surface area (Å²) in [5.41, 5.74) is 0.0246. The summed E-state index contributed by atoms with van der Waals surface area (Å²) in [7, 11) is 1.50. The van der Waals surface area contributed by atoms with E-state index in [1.165, 1.54) is 17.7 Å². The number of morpholine rings is 1. The van der Waals surface area contributed by atoms with Crippen molar-refractivity contribution in [2.24, 2.45) is 0 Å². The number of aliphatic hydroxyl groups excluding tert-OH is 1. The van der Waals surface area contributed by atoms with Crippen molar-refractivity contribution in [3.05, 3.63) is 46.2 Å². The number of aromatic nitrogens is 2. The van der Waals surface area contributed by atoms with E-state index in [0.29, 0.717) is 43.4 Å². The molecule has 2 aliphatic rings. The van der Waals surface area contributed by atoms with E-state index in [4.69, 9.17) is 9.47 Å². The number of β-amino-alcohol motifs (C(OH)–C–C–N with tert-alkyl or cyclic N) is 1. The molecule has 2 aromatic rings. The van der Waals surface area contributed by atoms with Crippen LogP contribution in [0.5, 0.6) is 5.75 Å². The molecular weight excluding hydrogens is 429 g/mol. The number of hydrogen-bond donors (Lipinski definition) is 1. The Morgan fingerprint density at radius 2 is 1.91 bits per heavy atom. The second-order valence-electron chi connectivity index (χ2n) is 7.79. The van der Waals surface area contributed by atoms with Gasteiger partial charge in [0.2, 0.25) is 5.95 Å². The van der Waals surface area contributed by atoms with Crippen molar-refractivity contribution in [3.8, 4) is 5.75 Å². The third-order valence-corrected chi connectivity index (χ3v) is 5.82. The van der Waals surface area contributed by atoms with Gasteiger partial charge in [0.15, 0.2) is 0 Å². The van der Waals surface area contributed by atoms with Crippen molar-refractivity contribution < 1.29 is 27.8 Å². The maximum Gasteiger partial charge on any atom is 0.408 e. The molecule has 174 valence electrons. The number of ether oxygens (including phenoxy) is 2.